The Kier molecular flexibility index (Phi) is 5.01. The molecule has 7 nitrogen and oxygen atoms in total. The number of amides is 2. The van der Waals surface area contributed by atoms with Gasteiger partial charge in [0, 0.05) is 31.7 Å². The summed E-state index contributed by atoms with van der Waals surface area (Å²) in [5, 5.41) is 5.63. The Labute approximate surface area is 141 Å². The number of benzene rings is 1. The van der Waals surface area contributed by atoms with Crippen molar-refractivity contribution in [2.45, 2.75) is 26.1 Å². The van der Waals surface area contributed by atoms with E-state index >= 15 is 0 Å². The number of anilines is 1. The Morgan fingerprint density at radius 2 is 2.08 bits per heavy atom. The number of fused-ring (bicyclic) bond motifs is 1. The topological polar surface area (TPSA) is 79.9 Å². The van der Waals surface area contributed by atoms with Crippen LogP contribution in [0.2, 0.25) is 0 Å². The highest BCUT2D eigenvalue weighted by atomic mass is 16.5. The van der Waals surface area contributed by atoms with Crippen LogP contribution in [0.3, 0.4) is 0 Å². The molecule has 130 valence electrons. The summed E-state index contributed by atoms with van der Waals surface area (Å²) in [5.74, 6) is 0.194. The highest BCUT2D eigenvalue weighted by molar-refractivity contribution is 5.98. The molecule has 7 heteroatoms. The molecule has 0 aromatic heterocycles. The van der Waals surface area contributed by atoms with Crippen LogP contribution in [0.25, 0.3) is 0 Å². The molecule has 2 aliphatic rings. The van der Waals surface area contributed by atoms with Gasteiger partial charge in [-0.3, -0.25) is 14.5 Å². The zero-order valence-electron chi connectivity index (χ0n) is 14.0. The second-order valence-corrected chi connectivity index (χ2v) is 6.32. The first kappa shape index (κ1) is 16.7. The molecule has 1 fully saturated rings. The monoisotopic (exact) mass is 333 g/mol. The van der Waals surface area contributed by atoms with Gasteiger partial charge in [0.25, 0.3) is 11.8 Å². The number of nitrogens with one attached hydrogen (secondary N) is 2. The van der Waals surface area contributed by atoms with E-state index in [0.717, 1.165) is 19.6 Å². The number of hydrogen-bond acceptors (Lipinski definition) is 5. The molecule has 0 radical (unpaired) electrons. The summed E-state index contributed by atoms with van der Waals surface area (Å²) in [6.07, 6.45) is 0.440. The summed E-state index contributed by atoms with van der Waals surface area (Å²) < 4.78 is 11.0. The van der Waals surface area contributed by atoms with Crippen LogP contribution in [-0.4, -0.2) is 61.7 Å². The highest BCUT2D eigenvalue weighted by Gasteiger charge is 2.22. The van der Waals surface area contributed by atoms with Gasteiger partial charge in [-0.1, -0.05) is 0 Å². The summed E-state index contributed by atoms with van der Waals surface area (Å²) in [4.78, 5) is 25.8. The first-order chi connectivity index (χ1) is 11.5. The predicted octanol–water partition coefficient (Wildman–Crippen LogP) is 0.856. The quantitative estimate of drug-likeness (QED) is 0.854. The van der Waals surface area contributed by atoms with Gasteiger partial charge in [0.1, 0.15) is 5.75 Å². The van der Waals surface area contributed by atoms with E-state index in [4.69, 9.17) is 9.47 Å². The largest absolute Gasteiger partial charge is 0.482 e. The number of rotatable bonds is 4. The lowest BCUT2D eigenvalue weighted by atomic mass is 10.1. The van der Waals surface area contributed by atoms with Crippen LogP contribution >= 0.6 is 0 Å². The highest BCUT2D eigenvalue weighted by Crippen LogP contribution is 2.28. The predicted molar refractivity (Wildman–Crippen MR) is 89.3 cm³/mol. The second-order valence-electron chi connectivity index (χ2n) is 6.32. The van der Waals surface area contributed by atoms with E-state index in [-0.39, 0.29) is 30.6 Å². The third-order valence-electron chi connectivity index (χ3n) is 4.09. The summed E-state index contributed by atoms with van der Waals surface area (Å²) in [6, 6.07) is 5.03. The third kappa shape index (κ3) is 4.04. The van der Waals surface area contributed by atoms with Gasteiger partial charge in [-0.05, 0) is 32.0 Å². The summed E-state index contributed by atoms with van der Waals surface area (Å²) in [5.41, 5.74) is 1.12. The average Bonchev–Trinajstić information content (AvgIpc) is 2.53. The van der Waals surface area contributed by atoms with E-state index in [2.05, 4.69) is 29.4 Å². The molecule has 1 aromatic carbocycles. The molecule has 0 spiro atoms. The standard InChI is InChI=1S/C17H23N3O4/c1-11-8-20(9-12(2)24-11)6-5-18-17(22)13-3-4-14-15(7-13)23-10-16(21)19-14/h3-4,7,11-12H,5-6,8-10H2,1-2H3,(H,18,22)(H,19,21)/t11-,12-/m1/s1. The molecule has 3 rings (SSSR count). The van der Waals surface area contributed by atoms with Gasteiger partial charge >= 0.3 is 0 Å². The maximum Gasteiger partial charge on any atom is 0.262 e. The minimum absolute atomic E-state index is 0.0223. The van der Waals surface area contributed by atoms with Crippen molar-refractivity contribution in [3.05, 3.63) is 23.8 Å². The molecule has 2 aliphatic heterocycles. The van der Waals surface area contributed by atoms with Crippen molar-refractivity contribution in [3.63, 3.8) is 0 Å². The minimum atomic E-state index is -0.186. The van der Waals surface area contributed by atoms with Crippen molar-refractivity contribution in [2.75, 3.05) is 38.1 Å². The fraction of sp³-hybridized carbons (Fsp3) is 0.529. The zero-order chi connectivity index (χ0) is 17.1. The Balaban J connectivity index is 1.51. The molecule has 0 bridgehead atoms. The Morgan fingerprint density at radius 3 is 2.83 bits per heavy atom. The SMILES string of the molecule is C[C@@H]1CN(CCNC(=O)c2ccc3c(c2)OCC(=O)N3)C[C@@H](C)O1. The molecule has 2 heterocycles. The van der Waals surface area contributed by atoms with Gasteiger partial charge in [-0.2, -0.15) is 0 Å². The summed E-state index contributed by atoms with van der Waals surface area (Å²) in [7, 11) is 0. The number of ether oxygens (including phenoxy) is 2. The molecule has 1 saturated heterocycles. The maximum absolute atomic E-state index is 12.3. The fourth-order valence-electron chi connectivity index (χ4n) is 3.11. The molecule has 24 heavy (non-hydrogen) atoms. The van der Waals surface area contributed by atoms with Crippen LogP contribution in [-0.2, 0) is 9.53 Å². The number of carbonyl (C=O) groups excluding carboxylic acids is 2. The van der Waals surface area contributed by atoms with Crippen LogP contribution in [0.4, 0.5) is 5.69 Å². The van der Waals surface area contributed by atoms with Gasteiger partial charge < -0.3 is 20.1 Å². The lowest BCUT2D eigenvalue weighted by Crippen LogP contribution is -2.47. The molecule has 0 saturated carbocycles. The van der Waals surface area contributed by atoms with Crippen LogP contribution in [0.5, 0.6) is 5.75 Å². The van der Waals surface area contributed by atoms with Crippen molar-refractivity contribution in [2.24, 2.45) is 0 Å². The van der Waals surface area contributed by atoms with Crippen LogP contribution in [0.15, 0.2) is 18.2 Å². The van der Waals surface area contributed by atoms with Crippen LogP contribution in [0, 0.1) is 0 Å². The molecule has 2 atom stereocenters. The van der Waals surface area contributed by atoms with E-state index < -0.39 is 0 Å². The third-order valence-corrected chi connectivity index (χ3v) is 4.09. The number of morpholine rings is 1. The molecular weight excluding hydrogens is 310 g/mol. The van der Waals surface area contributed by atoms with E-state index in [9.17, 15) is 9.59 Å². The minimum Gasteiger partial charge on any atom is -0.482 e. The lowest BCUT2D eigenvalue weighted by Gasteiger charge is -2.35. The van der Waals surface area contributed by atoms with Crippen molar-refractivity contribution < 1.29 is 19.1 Å². The first-order valence-electron chi connectivity index (χ1n) is 8.24. The molecule has 0 unspecified atom stereocenters. The molecular formula is C17H23N3O4. The maximum atomic E-state index is 12.3. The normalized spacial score (nSPS) is 23.8. The van der Waals surface area contributed by atoms with Gasteiger partial charge in [0.15, 0.2) is 6.61 Å². The lowest BCUT2D eigenvalue weighted by molar-refractivity contribution is -0.118. The Bertz CT molecular complexity index is 624. The summed E-state index contributed by atoms with van der Waals surface area (Å²) >= 11 is 0. The van der Waals surface area contributed by atoms with Gasteiger partial charge in [-0.25, -0.2) is 0 Å². The first-order valence-corrected chi connectivity index (χ1v) is 8.24. The van der Waals surface area contributed by atoms with Gasteiger partial charge in [-0.15, -0.1) is 0 Å². The van der Waals surface area contributed by atoms with Gasteiger partial charge in [0.2, 0.25) is 0 Å². The Hall–Kier alpha value is -2.12. The van der Waals surface area contributed by atoms with Crippen molar-refractivity contribution >= 4 is 17.5 Å². The number of hydrogen-bond donors (Lipinski definition) is 2. The average molecular weight is 333 g/mol. The Morgan fingerprint density at radius 1 is 1.33 bits per heavy atom. The number of nitrogens with zero attached hydrogens (tertiary/aromatic N) is 1. The second kappa shape index (κ2) is 7.19. The van der Waals surface area contributed by atoms with E-state index in [0.29, 0.717) is 23.5 Å². The van der Waals surface area contributed by atoms with Crippen LogP contribution < -0.4 is 15.4 Å². The van der Waals surface area contributed by atoms with E-state index in [1.54, 1.807) is 18.2 Å². The van der Waals surface area contributed by atoms with Crippen molar-refractivity contribution in [3.8, 4) is 5.75 Å². The molecule has 1 aromatic rings. The summed E-state index contributed by atoms with van der Waals surface area (Å²) in [6.45, 7) is 7.24. The molecule has 2 amide bonds. The van der Waals surface area contributed by atoms with E-state index in [1.165, 1.54) is 0 Å². The smallest absolute Gasteiger partial charge is 0.262 e. The zero-order valence-corrected chi connectivity index (χ0v) is 14.0. The molecule has 2 N–H and O–H groups in total. The fourth-order valence-corrected chi connectivity index (χ4v) is 3.11. The van der Waals surface area contributed by atoms with Gasteiger partial charge in [0.05, 0.1) is 17.9 Å². The number of carbonyl (C=O) groups is 2. The van der Waals surface area contributed by atoms with Crippen molar-refractivity contribution in [1.82, 2.24) is 10.2 Å². The van der Waals surface area contributed by atoms with Crippen molar-refractivity contribution in [1.29, 1.82) is 0 Å². The van der Waals surface area contributed by atoms with Crippen LogP contribution in [0.1, 0.15) is 24.2 Å². The molecule has 0 aliphatic carbocycles. The van der Waals surface area contributed by atoms with E-state index in [1.807, 2.05) is 0 Å².